The topological polar surface area (TPSA) is 45.2 Å². The van der Waals surface area contributed by atoms with Gasteiger partial charge in [0.25, 0.3) is 0 Å². The Balaban J connectivity index is 1.87. The van der Waals surface area contributed by atoms with Crippen molar-refractivity contribution < 1.29 is 4.79 Å². The second-order valence-electron chi connectivity index (χ2n) is 3.80. The average Bonchev–Trinajstić information content (AvgIpc) is 2.59. The second-order valence-corrected chi connectivity index (χ2v) is 3.80. The number of hydrogen-bond acceptors (Lipinski definition) is 3. The molecule has 1 amide bonds. The highest BCUT2D eigenvalue weighted by Crippen LogP contribution is 2.08. The predicted molar refractivity (Wildman–Crippen MR) is 57.1 cm³/mol. The third kappa shape index (κ3) is 2.33. The number of rotatable bonds is 3. The molecule has 1 N–H and O–H groups in total. The van der Waals surface area contributed by atoms with Crippen LogP contribution in [-0.4, -0.2) is 35.4 Å². The van der Waals surface area contributed by atoms with Crippen molar-refractivity contribution >= 4 is 5.91 Å². The molecular formula is C11H15N3O. The van der Waals surface area contributed by atoms with Gasteiger partial charge in [-0.05, 0) is 18.6 Å². The highest BCUT2D eigenvalue weighted by molar-refractivity contribution is 5.83. The number of carbonyl (C=O) groups is 1. The molecule has 1 aliphatic heterocycles. The number of nitrogens with zero attached hydrogens (tertiary/aromatic N) is 2. The summed E-state index contributed by atoms with van der Waals surface area (Å²) in [5.41, 5.74) is 0.972. The van der Waals surface area contributed by atoms with E-state index in [2.05, 4.69) is 10.3 Å². The molecule has 1 saturated heterocycles. The molecule has 15 heavy (non-hydrogen) atoms. The van der Waals surface area contributed by atoms with Crippen LogP contribution in [0.3, 0.4) is 0 Å². The maximum absolute atomic E-state index is 11.6. The maximum Gasteiger partial charge on any atom is 0.239 e. The van der Waals surface area contributed by atoms with Crippen molar-refractivity contribution in [1.82, 2.24) is 15.2 Å². The summed E-state index contributed by atoms with van der Waals surface area (Å²) in [6.07, 6.45) is 2.65. The zero-order chi connectivity index (χ0) is 10.7. The van der Waals surface area contributed by atoms with Crippen LogP contribution in [0.25, 0.3) is 0 Å². The lowest BCUT2D eigenvalue weighted by Gasteiger charge is -2.11. The van der Waals surface area contributed by atoms with E-state index in [1.807, 2.05) is 25.2 Å². The molecule has 0 aliphatic carbocycles. The van der Waals surface area contributed by atoms with Crippen LogP contribution in [0.1, 0.15) is 12.1 Å². The predicted octanol–water partition coefficient (Wildman–Crippen LogP) is 0.402. The lowest BCUT2D eigenvalue weighted by molar-refractivity contribution is -0.128. The lowest BCUT2D eigenvalue weighted by atomic mass is 10.2. The summed E-state index contributed by atoms with van der Waals surface area (Å²) >= 11 is 0. The van der Waals surface area contributed by atoms with Gasteiger partial charge in [0, 0.05) is 26.3 Å². The summed E-state index contributed by atoms with van der Waals surface area (Å²) in [6, 6.07) is 5.76. The van der Waals surface area contributed by atoms with Gasteiger partial charge in [-0.3, -0.25) is 9.78 Å². The molecule has 4 heteroatoms. The van der Waals surface area contributed by atoms with Crippen LogP contribution >= 0.6 is 0 Å². The first-order valence-electron chi connectivity index (χ1n) is 5.15. The molecule has 1 fully saturated rings. The first-order chi connectivity index (χ1) is 7.27. The second kappa shape index (κ2) is 4.40. The van der Waals surface area contributed by atoms with Gasteiger partial charge in [-0.25, -0.2) is 0 Å². The van der Waals surface area contributed by atoms with E-state index < -0.39 is 0 Å². The minimum Gasteiger partial charge on any atom is -0.344 e. The van der Waals surface area contributed by atoms with Crippen molar-refractivity contribution in [2.45, 2.75) is 19.0 Å². The van der Waals surface area contributed by atoms with Crippen LogP contribution in [-0.2, 0) is 11.3 Å². The largest absolute Gasteiger partial charge is 0.344 e. The van der Waals surface area contributed by atoms with E-state index >= 15 is 0 Å². The monoisotopic (exact) mass is 205 g/mol. The van der Waals surface area contributed by atoms with Crippen LogP contribution in [0.5, 0.6) is 0 Å². The standard InChI is InChI=1S/C11H15N3O/c1-14-7-5-10(11(14)15)13-8-9-4-2-3-6-12-9/h2-4,6,10,13H,5,7-8H2,1H3. The van der Waals surface area contributed by atoms with Crippen molar-refractivity contribution in [2.24, 2.45) is 0 Å². The van der Waals surface area contributed by atoms with Crippen molar-refractivity contribution in [3.8, 4) is 0 Å². The zero-order valence-electron chi connectivity index (χ0n) is 8.81. The Kier molecular flexibility index (Phi) is 2.97. The van der Waals surface area contributed by atoms with Crippen LogP contribution in [0.4, 0.5) is 0 Å². The summed E-state index contributed by atoms with van der Waals surface area (Å²) in [7, 11) is 1.84. The van der Waals surface area contributed by atoms with E-state index in [0.29, 0.717) is 6.54 Å². The Morgan fingerprint density at radius 2 is 2.47 bits per heavy atom. The first kappa shape index (κ1) is 10.1. The summed E-state index contributed by atoms with van der Waals surface area (Å²) in [4.78, 5) is 17.5. The number of pyridine rings is 1. The van der Waals surface area contributed by atoms with Gasteiger partial charge in [-0.15, -0.1) is 0 Å². The molecule has 1 aromatic heterocycles. The zero-order valence-corrected chi connectivity index (χ0v) is 8.81. The van der Waals surface area contributed by atoms with E-state index in [1.165, 1.54) is 0 Å². The molecular weight excluding hydrogens is 190 g/mol. The summed E-state index contributed by atoms with van der Waals surface area (Å²) in [5.74, 6) is 0.186. The van der Waals surface area contributed by atoms with E-state index in [0.717, 1.165) is 18.7 Å². The molecule has 0 aromatic carbocycles. The number of likely N-dealkylation sites (tertiary alicyclic amines) is 1. The minimum atomic E-state index is -0.0305. The van der Waals surface area contributed by atoms with Crippen LogP contribution in [0, 0.1) is 0 Å². The minimum absolute atomic E-state index is 0.0305. The Bertz CT molecular complexity index is 339. The van der Waals surface area contributed by atoms with E-state index in [1.54, 1.807) is 11.1 Å². The molecule has 1 unspecified atom stereocenters. The van der Waals surface area contributed by atoms with E-state index in [9.17, 15) is 4.79 Å². The number of likely N-dealkylation sites (N-methyl/N-ethyl adjacent to an activating group) is 1. The Morgan fingerprint density at radius 3 is 3.07 bits per heavy atom. The molecule has 1 atom stereocenters. The SMILES string of the molecule is CN1CCC(NCc2ccccn2)C1=O. The fraction of sp³-hybridized carbons (Fsp3) is 0.455. The maximum atomic E-state index is 11.6. The smallest absolute Gasteiger partial charge is 0.239 e. The normalized spacial score (nSPS) is 21.0. The quantitative estimate of drug-likeness (QED) is 0.777. The highest BCUT2D eigenvalue weighted by atomic mass is 16.2. The fourth-order valence-corrected chi connectivity index (χ4v) is 1.74. The number of amides is 1. The van der Waals surface area contributed by atoms with Crippen LogP contribution in [0.15, 0.2) is 24.4 Å². The Hall–Kier alpha value is -1.42. The molecule has 4 nitrogen and oxygen atoms in total. The van der Waals surface area contributed by atoms with E-state index in [-0.39, 0.29) is 11.9 Å². The van der Waals surface area contributed by atoms with Gasteiger partial charge in [0.1, 0.15) is 0 Å². The van der Waals surface area contributed by atoms with Crippen LogP contribution < -0.4 is 5.32 Å². The molecule has 1 aliphatic rings. The van der Waals surface area contributed by atoms with Crippen LogP contribution in [0.2, 0.25) is 0 Å². The fourth-order valence-electron chi connectivity index (χ4n) is 1.74. The Labute approximate surface area is 89.3 Å². The molecule has 0 bridgehead atoms. The van der Waals surface area contributed by atoms with Gasteiger partial charge in [0.05, 0.1) is 11.7 Å². The molecule has 2 heterocycles. The van der Waals surface area contributed by atoms with Gasteiger partial charge in [-0.1, -0.05) is 6.07 Å². The molecule has 1 aromatic rings. The molecule has 0 radical (unpaired) electrons. The lowest BCUT2D eigenvalue weighted by Crippen LogP contribution is -2.36. The number of carbonyl (C=O) groups excluding carboxylic acids is 1. The third-order valence-corrected chi connectivity index (χ3v) is 2.68. The van der Waals surface area contributed by atoms with Crippen molar-refractivity contribution in [2.75, 3.05) is 13.6 Å². The van der Waals surface area contributed by atoms with Crippen molar-refractivity contribution in [3.05, 3.63) is 30.1 Å². The molecule has 0 spiro atoms. The van der Waals surface area contributed by atoms with Gasteiger partial charge in [-0.2, -0.15) is 0 Å². The Morgan fingerprint density at radius 1 is 1.60 bits per heavy atom. The number of nitrogens with one attached hydrogen (secondary N) is 1. The van der Waals surface area contributed by atoms with Gasteiger partial charge < -0.3 is 10.2 Å². The van der Waals surface area contributed by atoms with Crippen molar-refractivity contribution in [3.63, 3.8) is 0 Å². The first-order valence-corrected chi connectivity index (χ1v) is 5.15. The van der Waals surface area contributed by atoms with Gasteiger partial charge in [0.2, 0.25) is 5.91 Å². The number of aromatic nitrogens is 1. The van der Waals surface area contributed by atoms with Gasteiger partial charge in [0.15, 0.2) is 0 Å². The molecule has 80 valence electrons. The third-order valence-electron chi connectivity index (χ3n) is 2.68. The van der Waals surface area contributed by atoms with E-state index in [4.69, 9.17) is 0 Å². The average molecular weight is 205 g/mol. The summed E-state index contributed by atoms with van der Waals surface area (Å²) in [6.45, 7) is 1.50. The number of hydrogen-bond donors (Lipinski definition) is 1. The summed E-state index contributed by atoms with van der Waals surface area (Å²) < 4.78 is 0. The van der Waals surface area contributed by atoms with Crippen molar-refractivity contribution in [1.29, 1.82) is 0 Å². The molecule has 0 saturated carbocycles. The molecule has 2 rings (SSSR count). The van der Waals surface area contributed by atoms with Gasteiger partial charge >= 0.3 is 0 Å². The summed E-state index contributed by atoms with van der Waals surface area (Å²) in [5, 5.41) is 3.22. The highest BCUT2D eigenvalue weighted by Gasteiger charge is 2.28.